The summed E-state index contributed by atoms with van der Waals surface area (Å²) in [4.78, 5) is 0. The minimum Gasteiger partial charge on any atom is -0.0859 e. The number of hydrogen-bond donors (Lipinski definition) is 0. The normalized spacial score (nSPS) is 10.1. The van der Waals surface area contributed by atoms with Crippen LogP contribution in [0.15, 0.2) is 11.6 Å². The highest BCUT2D eigenvalue weighted by Crippen LogP contribution is 2.09. The molecule has 0 saturated heterocycles. The van der Waals surface area contributed by atoms with Crippen molar-refractivity contribution in [1.29, 1.82) is 0 Å². The molecule has 0 aliphatic heterocycles. The van der Waals surface area contributed by atoms with Crippen molar-refractivity contribution in [2.75, 3.05) is 0 Å². The number of allylic oxidation sites excluding steroid dienone is 2. The molecule has 1 radical (unpaired) electrons. The van der Waals surface area contributed by atoms with Crippen molar-refractivity contribution in [3.63, 3.8) is 0 Å². The zero-order chi connectivity index (χ0) is 7.98. The van der Waals surface area contributed by atoms with E-state index in [9.17, 15) is 0 Å². The lowest BCUT2D eigenvalue weighted by Gasteiger charge is -2.00. The standard InChI is InChI=1S/C10H19/c1-9(2)7-5-6-8-10(3)4/h7H,5-6,8H2,1-4H3. The van der Waals surface area contributed by atoms with Crippen LogP contribution >= 0.6 is 0 Å². The van der Waals surface area contributed by atoms with Gasteiger partial charge in [0, 0.05) is 0 Å². The predicted molar refractivity (Wildman–Crippen MR) is 47.9 cm³/mol. The average Bonchev–Trinajstić information content (AvgIpc) is 1.79. The summed E-state index contributed by atoms with van der Waals surface area (Å²) >= 11 is 0. The van der Waals surface area contributed by atoms with Gasteiger partial charge in [-0.05, 0) is 39.0 Å². The van der Waals surface area contributed by atoms with Gasteiger partial charge in [-0.25, -0.2) is 0 Å². The summed E-state index contributed by atoms with van der Waals surface area (Å²) in [6.07, 6.45) is 6.15. The summed E-state index contributed by atoms with van der Waals surface area (Å²) in [5, 5.41) is 0. The second-order valence-electron chi connectivity index (χ2n) is 3.38. The third kappa shape index (κ3) is 7.74. The fraction of sp³-hybridized carbons (Fsp3) is 0.700. The van der Waals surface area contributed by atoms with Gasteiger partial charge in [0.2, 0.25) is 0 Å². The molecule has 0 bridgehead atoms. The summed E-state index contributed by atoms with van der Waals surface area (Å²) in [6, 6.07) is 0. The predicted octanol–water partition coefficient (Wildman–Crippen LogP) is 3.74. The second kappa shape index (κ2) is 5.52. The summed E-state index contributed by atoms with van der Waals surface area (Å²) in [5.74, 6) is 1.54. The van der Waals surface area contributed by atoms with Crippen molar-refractivity contribution in [3.8, 4) is 0 Å². The smallest absolute Gasteiger partial charge is 0.0303 e. The maximum absolute atomic E-state index is 2.31. The van der Waals surface area contributed by atoms with E-state index >= 15 is 0 Å². The summed E-state index contributed by atoms with van der Waals surface area (Å²) in [6.45, 7) is 8.70. The molecular formula is C10H19. The Morgan fingerprint density at radius 1 is 1.10 bits per heavy atom. The minimum atomic E-state index is 1.24. The maximum Gasteiger partial charge on any atom is -0.0303 e. The molecule has 0 unspecified atom stereocenters. The van der Waals surface area contributed by atoms with Crippen LogP contribution in [0.4, 0.5) is 0 Å². The molecule has 0 N–H and O–H groups in total. The van der Waals surface area contributed by atoms with Crippen molar-refractivity contribution in [2.45, 2.75) is 47.0 Å². The fourth-order valence-corrected chi connectivity index (χ4v) is 0.846. The summed E-state index contributed by atoms with van der Waals surface area (Å²) < 4.78 is 0. The Kier molecular flexibility index (Phi) is 5.38. The quantitative estimate of drug-likeness (QED) is 0.411. The van der Waals surface area contributed by atoms with E-state index in [1.54, 1.807) is 5.92 Å². The van der Waals surface area contributed by atoms with E-state index in [1.165, 1.54) is 24.8 Å². The van der Waals surface area contributed by atoms with Crippen LogP contribution in [0.1, 0.15) is 47.0 Å². The van der Waals surface area contributed by atoms with E-state index in [0.29, 0.717) is 0 Å². The van der Waals surface area contributed by atoms with E-state index in [0.717, 1.165) is 0 Å². The molecule has 10 heavy (non-hydrogen) atoms. The first-order valence-corrected chi connectivity index (χ1v) is 4.05. The van der Waals surface area contributed by atoms with Gasteiger partial charge in [0.1, 0.15) is 0 Å². The highest BCUT2D eigenvalue weighted by Gasteiger charge is 1.91. The van der Waals surface area contributed by atoms with Gasteiger partial charge < -0.3 is 0 Å². The first kappa shape index (κ1) is 9.74. The fourth-order valence-electron chi connectivity index (χ4n) is 0.846. The monoisotopic (exact) mass is 139 g/mol. The molecule has 0 aromatic carbocycles. The molecule has 0 atom stereocenters. The molecular weight excluding hydrogens is 120 g/mol. The number of unbranched alkanes of at least 4 members (excludes halogenated alkanes) is 1. The highest BCUT2D eigenvalue weighted by atomic mass is 14.0. The van der Waals surface area contributed by atoms with Crippen molar-refractivity contribution in [1.82, 2.24) is 0 Å². The van der Waals surface area contributed by atoms with Gasteiger partial charge in [-0.1, -0.05) is 25.5 Å². The Hall–Kier alpha value is -0.260. The molecule has 0 aliphatic rings. The van der Waals surface area contributed by atoms with Crippen LogP contribution in [0.5, 0.6) is 0 Å². The first-order chi connectivity index (χ1) is 4.63. The zero-order valence-corrected chi connectivity index (χ0v) is 7.70. The van der Waals surface area contributed by atoms with E-state index < -0.39 is 0 Å². The van der Waals surface area contributed by atoms with Crippen LogP contribution in [0.2, 0.25) is 0 Å². The van der Waals surface area contributed by atoms with Crippen LogP contribution < -0.4 is 0 Å². The third-order valence-corrected chi connectivity index (χ3v) is 1.43. The topological polar surface area (TPSA) is 0 Å². The van der Waals surface area contributed by atoms with Crippen LogP contribution in [-0.4, -0.2) is 0 Å². The highest BCUT2D eigenvalue weighted by molar-refractivity contribution is 4.93. The molecule has 0 fully saturated rings. The molecule has 0 rings (SSSR count). The van der Waals surface area contributed by atoms with Crippen molar-refractivity contribution in [2.24, 2.45) is 0 Å². The van der Waals surface area contributed by atoms with Gasteiger partial charge in [0.25, 0.3) is 0 Å². The van der Waals surface area contributed by atoms with Gasteiger partial charge in [-0.15, -0.1) is 0 Å². The molecule has 0 aromatic heterocycles. The Labute approximate surface area is 65.3 Å². The van der Waals surface area contributed by atoms with Crippen LogP contribution in [0, 0.1) is 5.92 Å². The molecule has 0 aromatic rings. The molecule has 59 valence electrons. The van der Waals surface area contributed by atoms with Gasteiger partial charge in [-0.2, -0.15) is 0 Å². The molecule has 0 saturated carbocycles. The zero-order valence-electron chi connectivity index (χ0n) is 7.70. The molecule has 0 amide bonds. The second-order valence-corrected chi connectivity index (χ2v) is 3.38. The van der Waals surface area contributed by atoms with Gasteiger partial charge in [-0.3, -0.25) is 0 Å². The van der Waals surface area contributed by atoms with Gasteiger partial charge in [0.15, 0.2) is 0 Å². The van der Waals surface area contributed by atoms with Crippen LogP contribution in [0.3, 0.4) is 0 Å². The van der Waals surface area contributed by atoms with Crippen LogP contribution in [-0.2, 0) is 0 Å². The lowest BCUT2D eigenvalue weighted by Crippen LogP contribution is -1.82. The Balaban J connectivity index is 3.13. The van der Waals surface area contributed by atoms with Crippen LogP contribution in [0.25, 0.3) is 0 Å². The summed E-state index contributed by atoms with van der Waals surface area (Å²) in [7, 11) is 0. The average molecular weight is 139 g/mol. The van der Waals surface area contributed by atoms with Gasteiger partial charge >= 0.3 is 0 Å². The van der Waals surface area contributed by atoms with E-state index in [-0.39, 0.29) is 0 Å². The first-order valence-electron chi connectivity index (χ1n) is 4.05. The van der Waals surface area contributed by atoms with Crippen molar-refractivity contribution < 1.29 is 0 Å². The Morgan fingerprint density at radius 3 is 2.10 bits per heavy atom. The largest absolute Gasteiger partial charge is 0.0859 e. The molecule has 0 heterocycles. The molecule has 0 nitrogen and oxygen atoms in total. The SMILES string of the molecule is C[C](C)CCCC=C(C)C. The minimum absolute atomic E-state index is 1.24. The molecule has 0 aliphatic carbocycles. The lowest BCUT2D eigenvalue weighted by atomic mass is 10.1. The molecule has 0 heteroatoms. The Bertz CT molecular complexity index is 94.6. The number of hydrogen-bond acceptors (Lipinski definition) is 0. The third-order valence-electron chi connectivity index (χ3n) is 1.43. The van der Waals surface area contributed by atoms with E-state index in [2.05, 4.69) is 33.8 Å². The van der Waals surface area contributed by atoms with E-state index in [4.69, 9.17) is 0 Å². The summed E-state index contributed by atoms with van der Waals surface area (Å²) in [5.41, 5.74) is 1.44. The maximum atomic E-state index is 2.31. The molecule has 0 spiro atoms. The number of rotatable bonds is 4. The van der Waals surface area contributed by atoms with E-state index in [1.807, 2.05) is 0 Å². The van der Waals surface area contributed by atoms with Crippen molar-refractivity contribution in [3.05, 3.63) is 17.6 Å². The Morgan fingerprint density at radius 2 is 1.70 bits per heavy atom. The van der Waals surface area contributed by atoms with Gasteiger partial charge in [0.05, 0.1) is 0 Å². The van der Waals surface area contributed by atoms with Crippen molar-refractivity contribution >= 4 is 0 Å². The lowest BCUT2D eigenvalue weighted by molar-refractivity contribution is 0.757.